The van der Waals surface area contributed by atoms with Crippen molar-refractivity contribution < 1.29 is 17.9 Å². The third-order valence-corrected chi connectivity index (χ3v) is 3.42. The van der Waals surface area contributed by atoms with Crippen molar-refractivity contribution in [1.82, 2.24) is 5.43 Å². The second-order valence-electron chi connectivity index (χ2n) is 6.19. The zero-order chi connectivity index (χ0) is 16.3. The van der Waals surface area contributed by atoms with Crippen LogP contribution in [0.3, 0.4) is 0 Å². The van der Waals surface area contributed by atoms with Crippen LogP contribution in [0.25, 0.3) is 0 Å². The largest absolute Gasteiger partial charge is 0.416 e. The molecule has 6 heteroatoms. The second-order valence-corrected chi connectivity index (χ2v) is 6.19. The molecule has 0 saturated carbocycles. The lowest BCUT2D eigenvalue weighted by Crippen LogP contribution is -2.51. The Morgan fingerprint density at radius 3 is 2.00 bits per heavy atom. The van der Waals surface area contributed by atoms with Crippen LogP contribution in [0.1, 0.15) is 31.9 Å². The SMILES string of the molecule is COC(C(Cc1ccc(C(F)(F)F)cc1)NN)C(C)(C)C. The molecule has 21 heavy (non-hydrogen) atoms. The van der Waals surface area contributed by atoms with Crippen molar-refractivity contribution in [3.63, 3.8) is 0 Å². The Hall–Kier alpha value is -1.11. The van der Waals surface area contributed by atoms with Crippen LogP contribution >= 0.6 is 0 Å². The molecule has 0 fully saturated rings. The van der Waals surface area contributed by atoms with Crippen LogP contribution in [0.4, 0.5) is 13.2 Å². The summed E-state index contributed by atoms with van der Waals surface area (Å²) in [5.41, 5.74) is 2.69. The van der Waals surface area contributed by atoms with Crippen LogP contribution in [0.5, 0.6) is 0 Å². The second kappa shape index (κ2) is 6.77. The summed E-state index contributed by atoms with van der Waals surface area (Å²) < 4.78 is 43.1. The van der Waals surface area contributed by atoms with E-state index in [2.05, 4.69) is 5.43 Å². The van der Waals surface area contributed by atoms with Crippen molar-refractivity contribution in [2.75, 3.05) is 7.11 Å². The molecule has 0 bridgehead atoms. The van der Waals surface area contributed by atoms with Gasteiger partial charge in [-0.2, -0.15) is 13.2 Å². The fraction of sp³-hybridized carbons (Fsp3) is 0.600. The molecule has 0 heterocycles. The van der Waals surface area contributed by atoms with Crippen molar-refractivity contribution in [1.29, 1.82) is 0 Å². The van der Waals surface area contributed by atoms with Crippen LogP contribution in [0.2, 0.25) is 0 Å². The van der Waals surface area contributed by atoms with E-state index in [1.807, 2.05) is 20.8 Å². The van der Waals surface area contributed by atoms with E-state index >= 15 is 0 Å². The van der Waals surface area contributed by atoms with Crippen molar-refractivity contribution in [3.8, 4) is 0 Å². The topological polar surface area (TPSA) is 47.3 Å². The summed E-state index contributed by atoms with van der Waals surface area (Å²) >= 11 is 0. The number of ether oxygens (including phenoxy) is 1. The van der Waals surface area contributed by atoms with Crippen LogP contribution < -0.4 is 11.3 Å². The maximum absolute atomic E-state index is 12.5. The molecule has 120 valence electrons. The first-order valence-electron chi connectivity index (χ1n) is 6.74. The monoisotopic (exact) mass is 304 g/mol. The van der Waals surface area contributed by atoms with Gasteiger partial charge in [-0.1, -0.05) is 32.9 Å². The quantitative estimate of drug-likeness (QED) is 0.649. The van der Waals surface area contributed by atoms with E-state index in [0.717, 1.165) is 17.7 Å². The lowest BCUT2D eigenvalue weighted by molar-refractivity contribution is -0.137. The minimum atomic E-state index is -4.31. The molecular formula is C15H23F3N2O. The first kappa shape index (κ1) is 17.9. The summed E-state index contributed by atoms with van der Waals surface area (Å²) in [6.07, 6.45) is -3.99. The predicted molar refractivity (Wildman–Crippen MR) is 76.5 cm³/mol. The van der Waals surface area contributed by atoms with E-state index in [9.17, 15) is 13.2 Å². The standard InChI is InChI=1S/C15H23F3N2O/c1-14(2,3)13(21-4)12(20-19)9-10-5-7-11(8-6-10)15(16,17)18/h5-8,12-13,20H,9,19H2,1-4H3. The van der Waals surface area contributed by atoms with Crippen molar-refractivity contribution in [3.05, 3.63) is 35.4 Å². The summed E-state index contributed by atoms with van der Waals surface area (Å²) in [6.45, 7) is 6.08. The van der Waals surface area contributed by atoms with Gasteiger partial charge in [-0.15, -0.1) is 0 Å². The zero-order valence-corrected chi connectivity index (χ0v) is 12.8. The van der Waals surface area contributed by atoms with E-state index in [1.54, 1.807) is 7.11 Å². The first-order chi connectivity index (χ1) is 9.59. The molecule has 0 aromatic heterocycles. The minimum absolute atomic E-state index is 0.141. The molecule has 0 aliphatic carbocycles. The van der Waals surface area contributed by atoms with Gasteiger partial charge in [0.15, 0.2) is 0 Å². The molecular weight excluding hydrogens is 281 g/mol. The van der Waals surface area contributed by atoms with Crippen molar-refractivity contribution >= 4 is 0 Å². The molecule has 3 nitrogen and oxygen atoms in total. The Labute approximate surface area is 123 Å². The van der Waals surface area contributed by atoms with E-state index in [4.69, 9.17) is 10.6 Å². The number of nitrogens with two attached hydrogens (primary N) is 1. The Bertz CT molecular complexity index is 438. The van der Waals surface area contributed by atoms with Gasteiger partial charge in [0.25, 0.3) is 0 Å². The fourth-order valence-corrected chi connectivity index (χ4v) is 2.46. The highest BCUT2D eigenvalue weighted by Crippen LogP contribution is 2.30. The van der Waals surface area contributed by atoms with Gasteiger partial charge in [-0.25, -0.2) is 0 Å². The molecule has 1 aromatic rings. The molecule has 0 spiro atoms. The van der Waals surface area contributed by atoms with Crippen LogP contribution in [0, 0.1) is 5.41 Å². The third kappa shape index (κ3) is 4.98. The van der Waals surface area contributed by atoms with Crippen LogP contribution in [-0.4, -0.2) is 19.3 Å². The number of methoxy groups -OCH3 is 1. The molecule has 0 saturated heterocycles. The smallest absolute Gasteiger partial charge is 0.379 e. The molecule has 0 aliphatic rings. The highest BCUT2D eigenvalue weighted by molar-refractivity contribution is 5.25. The summed E-state index contributed by atoms with van der Waals surface area (Å²) in [5, 5.41) is 0. The van der Waals surface area contributed by atoms with Gasteiger partial charge in [-0.05, 0) is 29.5 Å². The third-order valence-electron chi connectivity index (χ3n) is 3.42. The summed E-state index contributed by atoms with van der Waals surface area (Å²) in [5.74, 6) is 5.58. The van der Waals surface area contributed by atoms with Crippen molar-refractivity contribution in [2.45, 2.75) is 45.5 Å². The maximum atomic E-state index is 12.5. The normalized spacial score (nSPS) is 15.8. The van der Waals surface area contributed by atoms with Gasteiger partial charge in [0.1, 0.15) is 0 Å². The van der Waals surface area contributed by atoms with Gasteiger partial charge in [0, 0.05) is 7.11 Å². The van der Waals surface area contributed by atoms with E-state index in [0.29, 0.717) is 6.42 Å². The highest BCUT2D eigenvalue weighted by Gasteiger charge is 2.33. The molecule has 0 amide bonds. The van der Waals surface area contributed by atoms with Gasteiger partial charge in [-0.3, -0.25) is 11.3 Å². The lowest BCUT2D eigenvalue weighted by atomic mass is 9.82. The number of rotatable bonds is 5. The van der Waals surface area contributed by atoms with E-state index in [1.165, 1.54) is 12.1 Å². The zero-order valence-electron chi connectivity index (χ0n) is 12.8. The molecule has 1 rings (SSSR count). The average molecular weight is 304 g/mol. The number of hydrazine groups is 1. The lowest BCUT2D eigenvalue weighted by Gasteiger charge is -2.35. The minimum Gasteiger partial charge on any atom is -0.379 e. The summed E-state index contributed by atoms with van der Waals surface area (Å²) in [4.78, 5) is 0. The highest BCUT2D eigenvalue weighted by atomic mass is 19.4. The molecule has 0 aliphatic heterocycles. The Morgan fingerprint density at radius 2 is 1.67 bits per heavy atom. The van der Waals surface area contributed by atoms with E-state index in [-0.39, 0.29) is 17.6 Å². The Morgan fingerprint density at radius 1 is 1.14 bits per heavy atom. The number of halogens is 3. The maximum Gasteiger partial charge on any atom is 0.416 e. The molecule has 3 N–H and O–H groups in total. The molecule has 2 unspecified atom stereocenters. The van der Waals surface area contributed by atoms with Crippen LogP contribution in [-0.2, 0) is 17.3 Å². The predicted octanol–water partition coefficient (Wildman–Crippen LogP) is 3.14. The van der Waals surface area contributed by atoms with Gasteiger partial charge < -0.3 is 4.74 Å². The van der Waals surface area contributed by atoms with Gasteiger partial charge in [0.2, 0.25) is 0 Å². The molecule has 0 radical (unpaired) electrons. The molecule has 2 atom stereocenters. The average Bonchev–Trinajstić information content (AvgIpc) is 2.36. The number of benzene rings is 1. The number of alkyl halides is 3. The number of hydrogen-bond donors (Lipinski definition) is 2. The fourth-order valence-electron chi connectivity index (χ4n) is 2.46. The first-order valence-corrected chi connectivity index (χ1v) is 6.74. The molecule has 1 aromatic carbocycles. The number of nitrogens with one attached hydrogen (secondary N) is 1. The number of hydrogen-bond acceptors (Lipinski definition) is 3. The van der Waals surface area contributed by atoms with Gasteiger partial charge in [0.05, 0.1) is 17.7 Å². The van der Waals surface area contributed by atoms with E-state index < -0.39 is 11.7 Å². The Kier molecular flexibility index (Phi) is 5.78. The summed E-state index contributed by atoms with van der Waals surface area (Å²) in [7, 11) is 1.60. The summed E-state index contributed by atoms with van der Waals surface area (Å²) in [6, 6.07) is 4.93. The van der Waals surface area contributed by atoms with Crippen LogP contribution in [0.15, 0.2) is 24.3 Å². The Balaban J connectivity index is 2.87. The van der Waals surface area contributed by atoms with Gasteiger partial charge >= 0.3 is 6.18 Å². The van der Waals surface area contributed by atoms with Crippen molar-refractivity contribution in [2.24, 2.45) is 11.3 Å².